The summed E-state index contributed by atoms with van der Waals surface area (Å²) >= 11 is 0. The molecule has 0 saturated heterocycles. The van der Waals surface area contributed by atoms with Gasteiger partial charge in [0.2, 0.25) is 5.91 Å². The zero-order valence-corrected chi connectivity index (χ0v) is 13.6. The van der Waals surface area contributed by atoms with Gasteiger partial charge < -0.3 is 15.8 Å². The SMILES string of the molecule is Cl.NC1(C(=O)NCc2ccccc2OCc2ccccc2)CC1. The molecule has 0 unspecified atom stereocenters. The normalized spacial score (nSPS) is 14.5. The van der Waals surface area contributed by atoms with Gasteiger partial charge in [-0.1, -0.05) is 48.5 Å². The van der Waals surface area contributed by atoms with Crippen LogP contribution in [0.4, 0.5) is 0 Å². The van der Waals surface area contributed by atoms with E-state index in [1.54, 1.807) is 0 Å². The lowest BCUT2D eigenvalue weighted by Gasteiger charge is -2.14. The minimum Gasteiger partial charge on any atom is -0.489 e. The smallest absolute Gasteiger partial charge is 0.240 e. The fourth-order valence-electron chi connectivity index (χ4n) is 2.24. The highest BCUT2D eigenvalue weighted by molar-refractivity contribution is 5.88. The van der Waals surface area contributed by atoms with Crippen LogP contribution in [0.2, 0.25) is 0 Å². The predicted octanol–water partition coefficient (Wildman–Crippen LogP) is 2.79. The molecule has 1 amide bonds. The highest BCUT2D eigenvalue weighted by Gasteiger charge is 2.45. The molecule has 2 aromatic rings. The Morgan fingerprint density at radius 1 is 1.09 bits per heavy atom. The van der Waals surface area contributed by atoms with Crippen molar-refractivity contribution in [1.29, 1.82) is 0 Å². The largest absolute Gasteiger partial charge is 0.489 e. The molecule has 1 aliphatic rings. The zero-order valence-electron chi connectivity index (χ0n) is 12.8. The standard InChI is InChI=1S/C18H20N2O2.ClH/c19-18(10-11-18)17(21)20-12-15-8-4-5-9-16(15)22-13-14-6-2-1-3-7-14;/h1-9H,10-13,19H2,(H,20,21);1H. The summed E-state index contributed by atoms with van der Waals surface area (Å²) in [6, 6.07) is 17.7. The Morgan fingerprint density at radius 2 is 1.74 bits per heavy atom. The summed E-state index contributed by atoms with van der Waals surface area (Å²) in [6.45, 7) is 0.940. The molecule has 0 atom stereocenters. The van der Waals surface area contributed by atoms with Crippen molar-refractivity contribution in [2.45, 2.75) is 31.5 Å². The van der Waals surface area contributed by atoms with Gasteiger partial charge >= 0.3 is 0 Å². The van der Waals surface area contributed by atoms with E-state index in [0.717, 1.165) is 29.7 Å². The molecular formula is C18H21ClN2O2. The Bertz CT molecular complexity index is 657. The van der Waals surface area contributed by atoms with Gasteiger partial charge in [-0.05, 0) is 24.5 Å². The third-order valence-electron chi connectivity index (χ3n) is 3.89. The van der Waals surface area contributed by atoms with Gasteiger partial charge in [0, 0.05) is 12.1 Å². The Balaban J connectivity index is 0.00000192. The molecule has 23 heavy (non-hydrogen) atoms. The predicted molar refractivity (Wildman–Crippen MR) is 92.5 cm³/mol. The number of hydrogen-bond donors (Lipinski definition) is 2. The third kappa shape index (κ3) is 4.47. The fourth-order valence-corrected chi connectivity index (χ4v) is 2.24. The number of para-hydroxylation sites is 1. The molecule has 0 spiro atoms. The molecule has 1 aliphatic carbocycles. The molecule has 1 fully saturated rings. The maximum atomic E-state index is 11.9. The second kappa shape index (κ2) is 7.49. The average Bonchev–Trinajstić information content (AvgIpc) is 3.31. The Hall–Kier alpha value is -2.04. The summed E-state index contributed by atoms with van der Waals surface area (Å²) in [4.78, 5) is 11.9. The summed E-state index contributed by atoms with van der Waals surface area (Å²) < 4.78 is 5.87. The molecule has 2 aromatic carbocycles. The first-order chi connectivity index (χ1) is 10.7. The van der Waals surface area contributed by atoms with Crippen molar-refractivity contribution >= 4 is 18.3 Å². The van der Waals surface area contributed by atoms with Crippen molar-refractivity contribution in [3.63, 3.8) is 0 Å². The lowest BCUT2D eigenvalue weighted by Crippen LogP contribution is -2.42. The second-order valence-electron chi connectivity index (χ2n) is 5.72. The fraction of sp³-hybridized carbons (Fsp3) is 0.278. The van der Waals surface area contributed by atoms with Gasteiger partial charge in [0.05, 0.1) is 5.54 Å². The number of amides is 1. The van der Waals surface area contributed by atoms with Gasteiger partial charge in [0.1, 0.15) is 12.4 Å². The van der Waals surface area contributed by atoms with E-state index in [9.17, 15) is 4.79 Å². The van der Waals surface area contributed by atoms with Crippen LogP contribution < -0.4 is 15.8 Å². The van der Waals surface area contributed by atoms with Gasteiger partial charge in [-0.15, -0.1) is 12.4 Å². The van der Waals surface area contributed by atoms with E-state index < -0.39 is 5.54 Å². The van der Waals surface area contributed by atoms with Crippen molar-refractivity contribution in [2.75, 3.05) is 0 Å². The van der Waals surface area contributed by atoms with E-state index in [1.807, 2.05) is 54.6 Å². The monoisotopic (exact) mass is 332 g/mol. The van der Waals surface area contributed by atoms with Crippen molar-refractivity contribution in [1.82, 2.24) is 5.32 Å². The first kappa shape index (κ1) is 17.3. The Kier molecular flexibility index (Phi) is 5.64. The first-order valence-electron chi connectivity index (χ1n) is 7.49. The van der Waals surface area contributed by atoms with Gasteiger partial charge in [0.25, 0.3) is 0 Å². The molecule has 0 aliphatic heterocycles. The highest BCUT2D eigenvalue weighted by Crippen LogP contribution is 2.32. The molecule has 3 N–H and O–H groups in total. The number of nitrogens with one attached hydrogen (secondary N) is 1. The van der Waals surface area contributed by atoms with Crippen molar-refractivity contribution < 1.29 is 9.53 Å². The molecule has 4 nitrogen and oxygen atoms in total. The molecule has 3 rings (SSSR count). The Labute approximate surface area is 142 Å². The van der Waals surface area contributed by atoms with Crippen LogP contribution in [0.5, 0.6) is 5.75 Å². The number of halogens is 1. The summed E-state index contributed by atoms with van der Waals surface area (Å²) in [5.74, 6) is 0.707. The van der Waals surface area contributed by atoms with E-state index in [0.29, 0.717) is 13.2 Å². The van der Waals surface area contributed by atoms with Crippen LogP contribution in [0, 0.1) is 0 Å². The molecule has 5 heteroatoms. The highest BCUT2D eigenvalue weighted by atomic mass is 35.5. The number of carbonyl (C=O) groups excluding carboxylic acids is 1. The lowest BCUT2D eigenvalue weighted by atomic mass is 10.2. The number of benzene rings is 2. The van der Waals surface area contributed by atoms with Gasteiger partial charge in [-0.2, -0.15) is 0 Å². The van der Waals surface area contributed by atoms with E-state index in [4.69, 9.17) is 10.5 Å². The summed E-state index contributed by atoms with van der Waals surface area (Å²) in [5.41, 5.74) is 7.31. The van der Waals surface area contributed by atoms with Gasteiger partial charge in [-0.25, -0.2) is 0 Å². The van der Waals surface area contributed by atoms with Crippen LogP contribution in [0.25, 0.3) is 0 Å². The van der Waals surface area contributed by atoms with Gasteiger partial charge in [-0.3, -0.25) is 4.79 Å². The van der Waals surface area contributed by atoms with E-state index in [-0.39, 0.29) is 18.3 Å². The number of hydrogen-bond acceptors (Lipinski definition) is 3. The van der Waals surface area contributed by atoms with Crippen LogP contribution in [-0.2, 0) is 17.9 Å². The van der Waals surface area contributed by atoms with Crippen LogP contribution in [0.15, 0.2) is 54.6 Å². The quantitative estimate of drug-likeness (QED) is 0.855. The molecule has 0 radical (unpaired) electrons. The number of ether oxygens (including phenoxy) is 1. The van der Waals surface area contributed by atoms with Crippen molar-refractivity contribution in [3.05, 3.63) is 65.7 Å². The molecular weight excluding hydrogens is 312 g/mol. The maximum absolute atomic E-state index is 11.9. The Morgan fingerprint density at radius 3 is 2.43 bits per heavy atom. The topological polar surface area (TPSA) is 64.4 Å². The van der Waals surface area contributed by atoms with Crippen LogP contribution in [-0.4, -0.2) is 11.4 Å². The first-order valence-corrected chi connectivity index (χ1v) is 7.49. The van der Waals surface area contributed by atoms with Crippen LogP contribution in [0.3, 0.4) is 0 Å². The number of carbonyl (C=O) groups is 1. The minimum absolute atomic E-state index is 0. The molecule has 0 bridgehead atoms. The summed E-state index contributed by atoms with van der Waals surface area (Å²) in [7, 11) is 0. The summed E-state index contributed by atoms with van der Waals surface area (Å²) in [5, 5.41) is 2.90. The van der Waals surface area contributed by atoms with E-state index >= 15 is 0 Å². The maximum Gasteiger partial charge on any atom is 0.240 e. The minimum atomic E-state index is -0.639. The third-order valence-corrected chi connectivity index (χ3v) is 3.89. The van der Waals surface area contributed by atoms with E-state index in [2.05, 4.69) is 5.32 Å². The van der Waals surface area contributed by atoms with Crippen molar-refractivity contribution in [3.8, 4) is 5.75 Å². The van der Waals surface area contributed by atoms with Crippen LogP contribution >= 0.6 is 12.4 Å². The van der Waals surface area contributed by atoms with E-state index in [1.165, 1.54) is 0 Å². The number of rotatable bonds is 6. The molecule has 1 saturated carbocycles. The van der Waals surface area contributed by atoms with Gasteiger partial charge in [0.15, 0.2) is 0 Å². The summed E-state index contributed by atoms with van der Waals surface area (Å²) in [6.07, 6.45) is 1.54. The zero-order chi connectivity index (χ0) is 15.4. The number of nitrogens with two attached hydrogens (primary N) is 1. The van der Waals surface area contributed by atoms with Crippen molar-refractivity contribution in [2.24, 2.45) is 5.73 Å². The average molecular weight is 333 g/mol. The lowest BCUT2D eigenvalue weighted by molar-refractivity contribution is -0.123. The second-order valence-corrected chi connectivity index (χ2v) is 5.72. The molecule has 0 heterocycles. The van der Waals surface area contributed by atoms with Crippen LogP contribution in [0.1, 0.15) is 24.0 Å². The molecule has 0 aromatic heterocycles. The molecule has 122 valence electrons.